The van der Waals surface area contributed by atoms with Crippen molar-refractivity contribution in [2.45, 2.75) is 25.6 Å². The van der Waals surface area contributed by atoms with Gasteiger partial charge in [0.05, 0.1) is 5.52 Å². The van der Waals surface area contributed by atoms with Crippen molar-refractivity contribution in [2.24, 2.45) is 10.9 Å². The summed E-state index contributed by atoms with van der Waals surface area (Å²) < 4.78 is 0. The Hall–Kier alpha value is -1.02. The maximum Gasteiger partial charge on any atom is 0.193 e. The first kappa shape index (κ1) is 20.3. The van der Waals surface area contributed by atoms with Crippen molar-refractivity contribution in [3.8, 4) is 0 Å². The fourth-order valence-electron chi connectivity index (χ4n) is 3.09. The minimum Gasteiger partial charge on any atom is -0.352 e. The van der Waals surface area contributed by atoms with E-state index in [1.54, 1.807) is 0 Å². The predicted molar refractivity (Wildman–Crippen MR) is 120 cm³/mol. The van der Waals surface area contributed by atoms with Crippen LogP contribution in [0.25, 0.3) is 10.9 Å². The number of hydrogen-bond donors (Lipinski definition) is 1. The highest BCUT2D eigenvalue weighted by molar-refractivity contribution is 14.0. The lowest BCUT2D eigenvalue weighted by atomic mass is 10.1. The summed E-state index contributed by atoms with van der Waals surface area (Å²) in [5, 5.41) is 5.39. The second kappa shape index (κ2) is 9.62. The third-order valence-corrected chi connectivity index (χ3v) is 6.04. The van der Waals surface area contributed by atoms with Crippen molar-refractivity contribution in [3.05, 3.63) is 42.1 Å². The van der Waals surface area contributed by atoms with Crippen LogP contribution in [0.4, 0.5) is 0 Å². The summed E-state index contributed by atoms with van der Waals surface area (Å²) in [4.78, 5) is 11.4. The second-order valence-corrected chi connectivity index (χ2v) is 7.84. The SMILES string of the molecule is CN=C(NCc1cccc2cccnc12)N1CCSC(C(C)C)C1.I. The van der Waals surface area contributed by atoms with Crippen LogP contribution in [-0.2, 0) is 6.54 Å². The number of fused-ring (bicyclic) bond motifs is 1. The normalized spacial score (nSPS) is 18.3. The van der Waals surface area contributed by atoms with Crippen LogP contribution in [0.1, 0.15) is 19.4 Å². The van der Waals surface area contributed by atoms with Crippen molar-refractivity contribution in [3.63, 3.8) is 0 Å². The molecule has 1 saturated heterocycles. The maximum atomic E-state index is 4.54. The largest absolute Gasteiger partial charge is 0.352 e. The van der Waals surface area contributed by atoms with Crippen LogP contribution in [0.5, 0.6) is 0 Å². The number of benzene rings is 1. The second-order valence-electron chi connectivity index (χ2n) is 6.49. The molecule has 1 atom stereocenters. The summed E-state index contributed by atoms with van der Waals surface area (Å²) in [5.41, 5.74) is 2.28. The van der Waals surface area contributed by atoms with Crippen LogP contribution in [0.2, 0.25) is 0 Å². The van der Waals surface area contributed by atoms with Gasteiger partial charge in [0.2, 0.25) is 0 Å². The number of halogens is 1. The van der Waals surface area contributed by atoms with E-state index in [0.29, 0.717) is 11.2 Å². The maximum absolute atomic E-state index is 4.54. The first-order valence-electron chi connectivity index (χ1n) is 8.59. The van der Waals surface area contributed by atoms with Gasteiger partial charge in [-0.3, -0.25) is 9.98 Å². The van der Waals surface area contributed by atoms with Crippen molar-refractivity contribution >= 4 is 52.6 Å². The fourth-order valence-corrected chi connectivity index (χ4v) is 4.39. The van der Waals surface area contributed by atoms with Gasteiger partial charge in [-0.05, 0) is 17.5 Å². The van der Waals surface area contributed by atoms with E-state index in [1.807, 2.05) is 19.3 Å². The molecule has 1 aromatic carbocycles. The van der Waals surface area contributed by atoms with Gasteiger partial charge >= 0.3 is 0 Å². The van der Waals surface area contributed by atoms with E-state index in [2.05, 4.69) is 70.1 Å². The van der Waals surface area contributed by atoms with Crippen LogP contribution < -0.4 is 5.32 Å². The van der Waals surface area contributed by atoms with Crippen LogP contribution in [0, 0.1) is 5.92 Å². The smallest absolute Gasteiger partial charge is 0.193 e. The molecule has 0 radical (unpaired) electrons. The quantitative estimate of drug-likeness (QED) is 0.418. The summed E-state index contributed by atoms with van der Waals surface area (Å²) >= 11 is 2.08. The molecule has 1 aliphatic heterocycles. The zero-order valence-electron chi connectivity index (χ0n) is 15.1. The molecule has 136 valence electrons. The summed E-state index contributed by atoms with van der Waals surface area (Å²) in [7, 11) is 1.87. The number of guanidine groups is 1. The van der Waals surface area contributed by atoms with E-state index in [1.165, 1.54) is 16.7 Å². The molecule has 0 aliphatic carbocycles. The van der Waals surface area contributed by atoms with Crippen LogP contribution in [-0.4, -0.2) is 47.0 Å². The Morgan fingerprint density at radius 1 is 1.36 bits per heavy atom. The molecule has 0 saturated carbocycles. The van der Waals surface area contributed by atoms with Crippen molar-refractivity contribution in [1.29, 1.82) is 0 Å². The number of nitrogens with one attached hydrogen (secondary N) is 1. The van der Waals surface area contributed by atoms with Gasteiger partial charge in [0.1, 0.15) is 0 Å². The van der Waals surface area contributed by atoms with E-state index in [-0.39, 0.29) is 24.0 Å². The Balaban J connectivity index is 0.00000225. The van der Waals surface area contributed by atoms with Gasteiger partial charge in [0, 0.05) is 49.3 Å². The molecule has 0 amide bonds. The highest BCUT2D eigenvalue weighted by Gasteiger charge is 2.24. The molecule has 0 bridgehead atoms. The Morgan fingerprint density at radius 3 is 2.92 bits per heavy atom. The molecule has 1 fully saturated rings. The lowest BCUT2D eigenvalue weighted by Crippen LogP contribution is -2.48. The highest BCUT2D eigenvalue weighted by Crippen LogP contribution is 2.25. The number of aliphatic imine (C=N–C) groups is 1. The standard InChI is InChI=1S/C19H26N4S.HI/c1-14(2)17-13-23(10-11-24-17)19(20-3)22-12-16-7-4-6-15-8-5-9-21-18(15)16;/h4-9,14,17H,10-13H2,1-3H3,(H,20,22);1H. The number of nitrogens with zero attached hydrogens (tertiary/aromatic N) is 3. The lowest BCUT2D eigenvalue weighted by molar-refractivity contribution is 0.381. The molecular weight excluding hydrogens is 443 g/mol. The summed E-state index contributed by atoms with van der Waals surface area (Å²) in [6, 6.07) is 10.4. The molecule has 2 aromatic rings. The monoisotopic (exact) mass is 470 g/mol. The topological polar surface area (TPSA) is 40.5 Å². The van der Waals surface area contributed by atoms with Crippen molar-refractivity contribution in [2.75, 3.05) is 25.9 Å². The van der Waals surface area contributed by atoms with Gasteiger partial charge in [-0.2, -0.15) is 11.8 Å². The van der Waals surface area contributed by atoms with E-state index in [0.717, 1.165) is 31.1 Å². The number of para-hydroxylation sites is 1. The molecular formula is C19H27IN4S. The Labute approximate surface area is 171 Å². The Bertz CT molecular complexity index is 714. The molecule has 25 heavy (non-hydrogen) atoms. The third-order valence-electron chi connectivity index (χ3n) is 4.50. The highest BCUT2D eigenvalue weighted by atomic mass is 127. The number of pyridine rings is 1. The molecule has 6 heteroatoms. The number of thioether (sulfide) groups is 1. The van der Waals surface area contributed by atoms with E-state index in [4.69, 9.17) is 0 Å². The summed E-state index contributed by atoms with van der Waals surface area (Å²) in [6.07, 6.45) is 1.86. The molecule has 4 nitrogen and oxygen atoms in total. The lowest BCUT2D eigenvalue weighted by Gasteiger charge is -2.36. The molecule has 0 spiro atoms. The third kappa shape index (κ3) is 5.00. The average Bonchev–Trinajstić information content (AvgIpc) is 2.62. The zero-order valence-corrected chi connectivity index (χ0v) is 18.3. The average molecular weight is 470 g/mol. The van der Waals surface area contributed by atoms with Crippen molar-refractivity contribution in [1.82, 2.24) is 15.2 Å². The van der Waals surface area contributed by atoms with Gasteiger partial charge in [-0.1, -0.05) is 38.1 Å². The van der Waals surface area contributed by atoms with Gasteiger partial charge in [-0.25, -0.2) is 0 Å². The summed E-state index contributed by atoms with van der Waals surface area (Å²) in [5.74, 6) is 2.85. The van der Waals surface area contributed by atoms with Gasteiger partial charge in [0.15, 0.2) is 5.96 Å². The molecule has 1 aromatic heterocycles. The van der Waals surface area contributed by atoms with Gasteiger partial charge in [-0.15, -0.1) is 24.0 Å². The summed E-state index contributed by atoms with van der Waals surface area (Å²) in [6.45, 7) is 7.48. The Morgan fingerprint density at radius 2 is 2.16 bits per heavy atom. The van der Waals surface area contributed by atoms with Crippen LogP contribution >= 0.6 is 35.7 Å². The van der Waals surface area contributed by atoms with E-state index in [9.17, 15) is 0 Å². The van der Waals surface area contributed by atoms with E-state index < -0.39 is 0 Å². The molecule has 2 heterocycles. The number of hydrogen-bond acceptors (Lipinski definition) is 3. The first-order chi connectivity index (χ1) is 11.7. The van der Waals surface area contributed by atoms with Gasteiger partial charge in [0.25, 0.3) is 0 Å². The van der Waals surface area contributed by atoms with Crippen LogP contribution in [0.3, 0.4) is 0 Å². The minimum atomic E-state index is 0. The zero-order chi connectivity index (χ0) is 16.9. The minimum absolute atomic E-state index is 0. The molecule has 1 N–H and O–H groups in total. The first-order valence-corrected chi connectivity index (χ1v) is 9.63. The molecule has 3 rings (SSSR count). The Kier molecular flexibility index (Phi) is 7.81. The van der Waals surface area contributed by atoms with Crippen LogP contribution in [0.15, 0.2) is 41.5 Å². The number of aromatic nitrogens is 1. The number of rotatable bonds is 3. The predicted octanol–water partition coefficient (Wildman–Crippen LogP) is 4.00. The fraction of sp³-hybridized carbons (Fsp3) is 0.474. The van der Waals surface area contributed by atoms with Crippen molar-refractivity contribution < 1.29 is 0 Å². The van der Waals surface area contributed by atoms with E-state index >= 15 is 0 Å². The molecule has 1 unspecified atom stereocenters. The van der Waals surface area contributed by atoms with Gasteiger partial charge < -0.3 is 10.2 Å². The molecule has 1 aliphatic rings.